The Kier molecular flexibility index (Phi) is 5.07. The third kappa shape index (κ3) is 3.75. The normalized spacial score (nSPS) is 14.1. The van der Waals surface area contributed by atoms with Crippen molar-refractivity contribution < 1.29 is 13.9 Å². The fraction of sp³-hybridized carbons (Fsp3) is 0.0455. The van der Waals surface area contributed by atoms with E-state index in [0.717, 1.165) is 16.8 Å². The molecule has 1 aliphatic heterocycles. The summed E-state index contributed by atoms with van der Waals surface area (Å²) in [5, 5.41) is 3.48. The number of rotatable bonds is 4. The number of carbonyl (C=O) groups excluding carboxylic acids is 1. The van der Waals surface area contributed by atoms with E-state index in [0.29, 0.717) is 26.9 Å². The molecular formula is C22H14Cl2FNO2. The molecule has 0 saturated heterocycles. The Bertz CT molecular complexity index is 1070. The molecule has 0 aliphatic carbocycles. The van der Waals surface area contributed by atoms with Crippen LogP contribution in [0, 0.1) is 5.82 Å². The Hall–Kier alpha value is -2.82. The van der Waals surface area contributed by atoms with Crippen LogP contribution >= 0.6 is 23.2 Å². The smallest absolute Gasteiger partial charge is 0.256 e. The molecule has 1 N–H and O–H groups in total. The van der Waals surface area contributed by atoms with E-state index in [1.165, 1.54) is 12.1 Å². The maximum absolute atomic E-state index is 13.0. The zero-order valence-electron chi connectivity index (χ0n) is 14.5. The highest BCUT2D eigenvalue weighted by Gasteiger charge is 2.23. The fourth-order valence-electron chi connectivity index (χ4n) is 2.99. The third-order valence-electron chi connectivity index (χ3n) is 4.34. The number of hydrogen-bond donors (Lipinski definition) is 1. The molecule has 140 valence electrons. The van der Waals surface area contributed by atoms with Crippen LogP contribution in [-0.2, 0) is 11.4 Å². The van der Waals surface area contributed by atoms with Crippen LogP contribution in [0.15, 0.2) is 60.7 Å². The van der Waals surface area contributed by atoms with E-state index in [1.807, 2.05) is 24.3 Å². The SMILES string of the molecule is O=C1Nc2ccccc2C1=Cc1cc(Cl)c(OCc2ccc(F)cc2)c(Cl)c1. The van der Waals surface area contributed by atoms with E-state index < -0.39 is 0 Å². The summed E-state index contributed by atoms with van der Waals surface area (Å²) in [5.41, 5.74) is 3.62. The van der Waals surface area contributed by atoms with Gasteiger partial charge in [0, 0.05) is 16.8 Å². The van der Waals surface area contributed by atoms with Gasteiger partial charge in [-0.25, -0.2) is 4.39 Å². The first-order valence-corrected chi connectivity index (χ1v) is 9.25. The quantitative estimate of drug-likeness (QED) is 0.516. The molecule has 0 atom stereocenters. The van der Waals surface area contributed by atoms with Crippen molar-refractivity contribution >= 4 is 46.4 Å². The molecular weight excluding hydrogens is 400 g/mol. The predicted octanol–water partition coefficient (Wildman–Crippen LogP) is 6.20. The molecule has 4 rings (SSSR count). The number of fused-ring (bicyclic) bond motifs is 1. The molecule has 1 heterocycles. The maximum atomic E-state index is 13.0. The van der Waals surface area contributed by atoms with Gasteiger partial charge < -0.3 is 10.1 Å². The average molecular weight is 414 g/mol. The zero-order valence-corrected chi connectivity index (χ0v) is 16.0. The first-order chi connectivity index (χ1) is 13.5. The fourth-order valence-corrected chi connectivity index (χ4v) is 3.60. The van der Waals surface area contributed by atoms with E-state index in [9.17, 15) is 9.18 Å². The summed E-state index contributed by atoms with van der Waals surface area (Å²) in [6.45, 7) is 0.204. The minimum absolute atomic E-state index is 0.176. The van der Waals surface area contributed by atoms with Crippen molar-refractivity contribution in [3.8, 4) is 5.75 Å². The van der Waals surface area contributed by atoms with Crippen molar-refractivity contribution in [1.82, 2.24) is 0 Å². The van der Waals surface area contributed by atoms with Gasteiger partial charge >= 0.3 is 0 Å². The summed E-state index contributed by atoms with van der Waals surface area (Å²) in [6.07, 6.45) is 1.74. The maximum Gasteiger partial charge on any atom is 0.256 e. The van der Waals surface area contributed by atoms with Crippen LogP contribution in [0.4, 0.5) is 10.1 Å². The van der Waals surface area contributed by atoms with Gasteiger partial charge in [0.25, 0.3) is 5.91 Å². The highest BCUT2D eigenvalue weighted by atomic mass is 35.5. The molecule has 3 aromatic rings. The molecule has 0 fully saturated rings. The molecule has 0 spiro atoms. The standard InChI is InChI=1S/C22H14Cl2FNO2/c23-18-10-14(9-17-16-3-1-2-4-20(16)26-22(17)27)11-19(24)21(18)28-12-13-5-7-15(25)8-6-13/h1-11H,12H2,(H,26,27). The molecule has 3 nitrogen and oxygen atoms in total. The Labute approximate surface area is 171 Å². The molecule has 0 unspecified atom stereocenters. The number of anilines is 1. The molecule has 3 aromatic carbocycles. The average Bonchev–Trinajstić information content (AvgIpc) is 2.98. The second-order valence-corrected chi connectivity index (χ2v) is 7.10. The lowest BCUT2D eigenvalue weighted by Gasteiger charge is -2.11. The second kappa shape index (κ2) is 7.66. The number of carbonyl (C=O) groups is 1. The van der Waals surface area contributed by atoms with Gasteiger partial charge in [-0.2, -0.15) is 0 Å². The van der Waals surface area contributed by atoms with Crippen LogP contribution in [0.1, 0.15) is 16.7 Å². The number of para-hydroxylation sites is 1. The van der Waals surface area contributed by atoms with E-state index in [1.54, 1.807) is 30.3 Å². The largest absolute Gasteiger partial charge is 0.486 e. The lowest BCUT2D eigenvalue weighted by molar-refractivity contribution is -0.110. The van der Waals surface area contributed by atoms with Gasteiger partial charge in [0.1, 0.15) is 12.4 Å². The number of halogens is 3. The number of hydrogen-bond acceptors (Lipinski definition) is 2. The third-order valence-corrected chi connectivity index (χ3v) is 4.90. The lowest BCUT2D eigenvalue weighted by atomic mass is 10.0. The molecule has 1 amide bonds. The molecule has 0 radical (unpaired) electrons. The van der Waals surface area contributed by atoms with Crippen LogP contribution in [0.5, 0.6) is 5.75 Å². The molecule has 0 saturated carbocycles. The Balaban J connectivity index is 1.59. The van der Waals surface area contributed by atoms with Gasteiger partial charge in [-0.15, -0.1) is 0 Å². The molecule has 0 bridgehead atoms. The molecule has 1 aliphatic rings. The first-order valence-electron chi connectivity index (χ1n) is 8.50. The Morgan fingerprint density at radius 3 is 2.39 bits per heavy atom. The van der Waals surface area contributed by atoms with Crippen LogP contribution < -0.4 is 10.1 Å². The van der Waals surface area contributed by atoms with Crippen molar-refractivity contribution in [1.29, 1.82) is 0 Å². The van der Waals surface area contributed by atoms with Crippen molar-refractivity contribution in [2.45, 2.75) is 6.61 Å². The van der Waals surface area contributed by atoms with Crippen molar-refractivity contribution in [2.75, 3.05) is 5.32 Å². The highest BCUT2D eigenvalue weighted by Crippen LogP contribution is 2.37. The van der Waals surface area contributed by atoms with Gasteiger partial charge in [0.15, 0.2) is 5.75 Å². The van der Waals surface area contributed by atoms with Gasteiger partial charge in [-0.05, 0) is 47.5 Å². The van der Waals surface area contributed by atoms with Crippen molar-refractivity contribution in [3.63, 3.8) is 0 Å². The summed E-state index contributed by atoms with van der Waals surface area (Å²) >= 11 is 12.7. The van der Waals surface area contributed by atoms with E-state index in [4.69, 9.17) is 27.9 Å². The highest BCUT2D eigenvalue weighted by molar-refractivity contribution is 6.38. The molecule has 0 aromatic heterocycles. The summed E-state index contributed by atoms with van der Waals surface area (Å²) < 4.78 is 18.7. The van der Waals surface area contributed by atoms with Gasteiger partial charge in [0.2, 0.25) is 0 Å². The zero-order chi connectivity index (χ0) is 19.7. The molecule has 6 heteroatoms. The lowest BCUT2D eigenvalue weighted by Crippen LogP contribution is -2.03. The van der Waals surface area contributed by atoms with Crippen molar-refractivity contribution in [3.05, 3.63) is 93.2 Å². The van der Waals surface area contributed by atoms with Gasteiger partial charge in [-0.1, -0.05) is 53.5 Å². The number of nitrogens with one attached hydrogen (secondary N) is 1. The summed E-state index contributed by atoms with van der Waals surface area (Å²) in [6, 6.07) is 16.8. The van der Waals surface area contributed by atoms with Crippen LogP contribution in [0.25, 0.3) is 11.6 Å². The van der Waals surface area contributed by atoms with Crippen LogP contribution in [-0.4, -0.2) is 5.91 Å². The van der Waals surface area contributed by atoms with E-state index in [2.05, 4.69) is 5.32 Å². The van der Waals surface area contributed by atoms with E-state index >= 15 is 0 Å². The van der Waals surface area contributed by atoms with Crippen molar-refractivity contribution in [2.24, 2.45) is 0 Å². The monoisotopic (exact) mass is 413 g/mol. The summed E-state index contributed by atoms with van der Waals surface area (Å²) in [4.78, 5) is 12.3. The second-order valence-electron chi connectivity index (χ2n) is 6.29. The van der Waals surface area contributed by atoms with Gasteiger partial charge in [-0.3, -0.25) is 4.79 Å². The topological polar surface area (TPSA) is 38.3 Å². The molecule has 28 heavy (non-hydrogen) atoms. The van der Waals surface area contributed by atoms with Crippen LogP contribution in [0.2, 0.25) is 10.0 Å². The predicted molar refractivity (Wildman–Crippen MR) is 110 cm³/mol. The number of amides is 1. The Morgan fingerprint density at radius 2 is 1.68 bits per heavy atom. The minimum Gasteiger partial charge on any atom is -0.486 e. The minimum atomic E-state index is -0.310. The summed E-state index contributed by atoms with van der Waals surface area (Å²) in [5.74, 6) is -0.147. The van der Waals surface area contributed by atoms with E-state index in [-0.39, 0.29) is 18.3 Å². The first kappa shape index (κ1) is 18.5. The number of benzene rings is 3. The summed E-state index contributed by atoms with van der Waals surface area (Å²) in [7, 11) is 0. The van der Waals surface area contributed by atoms with Crippen LogP contribution in [0.3, 0.4) is 0 Å². The number of ether oxygens (including phenoxy) is 1. The van der Waals surface area contributed by atoms with Gasteiger partial charge in [0.05, 0.1) is 10.0 Å². The Morgan fingerprint density at radius 1 is 1.00 bits per heavy atom.